The van der Waals surface area contributed by atoms with Crippen LogP contribution < -0.4 is 5.32 Å². The van der Waals surface area contributed by atoms with Crippen LogP contribution in [0, 0.1) is 0 Å². The molecule has 2 aliphatic heterocycles. The van der Waals surface area contributed by atoms with Crippen molar-refractivity contribution in [2.24, 2.45) is 0 Å². The molecule has 2 heterocycles. The van der Waals surface area contributed by atoms with Gasteiger partial charge in [0.25, 0.3) is 0 Å². The van der Waals surface area contributed by atoms with Gasteiger partial charge < -0.3 is 15.0 Å². The first-order valence-electron chi connectivity index (χ1n) is 7.46. The number of thioether (sulfide) groups is 1. The first kappa shape index (κ1) is 14.6. The summed E-state index contributed by atoms with van der Waals surface area (Å²) >= 11 is 2.09. The molecule has 1 atom stereocenters. The Morgan fingerprint density at radius 2 is 2.11 bits per heavy atom. The molecule has 0 amide bonds. The average Bonchev–Trinajstić information content (AvgIpc) is 2.42. The Hall–Kier alpha value is 0.230. The van der Waals surface area contributed by atoms with Gasteiger partial charge in [-0.2, -0.15) is 11.8 Å². The van der Waals surface area contributed by atoms with E-state index in [2.05, 4.69) is 29.0 Å². The summed E-state index contributed by atoms with van der Waals surface area (Å²) in [4.78, 5) is 2.39. The largest absolute Gasteiger partial charge is 0.378 e. The van der Waals surface area contributed by atoms with Crippen LogP contribution in [0.4, 0.5) is 0 Å². The highest BCUT2D eigenvalue weighted by molar-refractivity contribution is 7.99. The molecular weight excluding hydrogens is 244 g/mol. The number of nitrogens with one attached hydrogen (secondary N) is 1. The third-order valence-corrected chi connectivity index (χ3v) is 5.15. The molecule has 2 saturated heterocycles. The van der Waals surface area contributed by atoms with Crippen molar-refractivity contribution in [2.75, 3.05) is 44.8 Å². The molecule has 0 aromatic heterocycles. The van der Waals surface area contributed by atoms with Crippen LogP contribution in [0.5, 0.6) is 0 Å². The molecule has 4 heteroatoms. The topological polar surface area (TPSA) is 24.5 Å². The summed E-state index contributed by atoms with van der Waals surface area (Å²) in [5.74, 6) is 2.66. The maximum Gasteiger partial charge on any atom is 0.0599 e. The van der Waals surface area contributed by atoms with E-state index in [9.17, 15) is 0 Å². The van der Waals surface area contributed by atoms with E-state index < -0.39 is 0 Å². The lowest BCUT2D eigenvalue weighted by molar-refractivity contribution is 0.0115. The van der Waals surface area contributed by atoms with Crippen LogP contribution in [0.15, 0.2) is 0 Å². The average molecular weight is 272 g/mol. The van der Waals surface area contributed by atoms with E-state index in [0.717, 1.165) is 25.6 Å². The van der Waals surface area contributed by atoms with Gasteiger partial charge in [-0.05, 0) is 51.4 Å². The Morgan fingerprint density at radius 3 is 2.83 bits per heavy atom. The normalized spacial score (nSPS) is 27.5. The number of hydrogen-bond acceptors (Lipinski definition) is 4. The lowest BCUT2D eigenvalue weighted by Crippen LogP contribution is -2.36. The zero-order valence-electron chi connectivity index (χ0n) is 11.7. The Morgan fingerprint density at radius 1 is 1.28 bits per heavy atom. The summed E-state index contributed by atoms with van der Waals surface area (Å²) in [6.45, 7) is 4.45. The van der Waals surface area contributed by atoms with Gasteiger partial charge in [0, 0.05) is 31.5 Å². The van der Waals surface area contributed by atoms with Gasteiger partial charge in [0.1, 0.15) is 0 Å². The Bertz CT molecular complexity index is 214. The van der Waals surface area contributed by atoms with E-state index in [-0.39, 0.29) is 0 Å². The van der Waals surface area contributed by atoms with Gasteiger partial charge in [-0.15, -0.1) is 0 Å². The summed E-state index contributed by atoms with van der Waals surface area (Å²) in [6, 6.07) is 0.757. The van der Waals surface area contributed by atoms with Crippen molar-refractivity contribution < 1.29 is 4.74 Å². The van der Waals surface area contributed by atoms with E-state index in [1.165, 1.54) is 50.3 Å². The van der Waals surface area contributed by atoms with Gasteiger partial charge >= 0.3 is 0 Å². The summed E-state index contributed by atoms with van der Waals surface area (Å²) < 4.78 is 5.95. The predicted octanol–water partition coefficient (Wildman–Crippen LogP) is 1.97. The van der Waals surface area contributed by atoms with E-state index >= 15 is 0 Å². The van der Waals surface area contributed by atoms with E-state index in [4.69, 9.17) is 4.74 Å². The quantitative estimate of drug-likeness (QED) is 0.747. The second-order valence-corrected chi connectivity index (χ2v) is 6.74. The summed E-state index contributed by atoms with van der Waals surface area (Å²) in [6.07, 6.45) is 6.85. The number of likely N-dealkylation sites (tertiary alicyclic amines) is 1. The third kappa shape index (κ3) is 5.47. The van der Waals surface area contributed by atoms with E-state index in [1.54, 1.807) is 0 Å². The van der Waals surface area contributed by atoms with Crippen LogP contribution in [-0.4, -0.2) is 61.8 Å². The lowest BCUT2D eigenvalue weighted by atomic mass is 10.1. The molecule has 18 heavy (non-hydrogen) atoms. The van der Waals surface area contributed by atoms with Crippen LogP contribution in [0.1, 0.15) is 32.1 Å². The molecular formula is C14H28N2OS. The fourth-order valence-corrected chi connectivity index (χ4v) is 3.79. The molecule has 0 saturated carbocycles. The summed E-state index contributed by atoms with van der Waals surface area (Å²) in [5, 5.41) is 3.66. The van der Waals surface area contributed by atoms with Crippen LogP contribution in [0.25, 0.3) is 0 Å². The van der Waals surface area contributed by atoms with Crippen molar-refractivity contribution >= 4 is 11.8 Å². The molecule has 0 bridgehead atoms. The van der Waals surface area contributed by atoms with Gasteiger partial charge in [-0.3, -0.25) is 0 Å². The molecule has 0 aromatic carbocycles. The number of hydrogen-bond donors (Lipinski definition) is 1. The molecule has 2 aliphatic rings. The number of rotatable bonds is 6. The lowest BCUT2D eigenvalue weighted by Gasteiger charge is -2.29. The van der Waals surface area contributed by atoms with Gasteiger partial charge in [0.15, 0.2) is 0 Å². The highest BCUT2D eigenvalue weighted by atomic mass is 32.2. The fourth-order valence-electron chi connectivity index (χ4n) is 2.68. The van der Waals surface area contributed by atoms with Gasteiger partial charge in [0.05, 0.1) is 6.10 Å². The minimum absolute atomic E-state index is 0.520. The molecule has 0 spiro atoms. The van der Waals surface area contributed by atoms with Crippen LogP contribution in [-0.2, 0) is 4.74 Å². The van der Waals surface area contributed by atoms with E-state index in [1.807, 2.05) is 0 Å². The first-order valence-corrected chi connectivity index (χ1v) is 8.61. The van der Waals surface area contributed by atoms with Gasteiger partial charge in [-0.1, -0.05) is 0 Å². The van der Waals surface area contributed by atoms with E-state index in [0.29, 0.717) is 6.10 Å². The minimum Gasteiger partial charge on any atom is -0.378 e. The molecule has 106 valence electrons. The molecule has 0 aromatic rings. The van der Waals surface area contributed by atoms with Crippen LogP contribution >= 0.6 is 11.8 Å². The number of ether oxygens (including phenoxy) is 1. The Balaban J connectivity index is 1.43. The minimum atomic E-state index is 0.520. The summed E-state index contributed by atoms with van der Waals surface area (Å²) in [7, 11) is 2.20. The molecule has 1 unspecified atom stereocenters. The SMILES string of the molecule is CN1CCC(OCCCNC2CCCSC2)CC1. The molecule has 0 aliphatic carbocycles. The third-order valence-electron chi connectivity index (χ3n) is 3.93. The first-order chi connectivity index (χ1) is 8.84. The zero-order chi connectivity index (χ0) is 12.6. The van der Waals surface area contributed by atoms with Gasteiger partial charge in [-0.25, -0.2) is 0 Å². The number of piperidine rings is 1. The second kappa shape index (κ2) is 8.41. The fraction of sp³-hybridized carbons (Fsp3) is 1.00. The van der Waals surface area contributed by atoms with Crippen molar-refractivity contribution in [1.82, 2.24) is 10.2 Å². The predicted molar refractivity (Wildman–Crippen MR) is 79.4 cm³/mol. The molecule has 0 radical (unpaired) electrons. The second-order valence-electron chi connectivity index (χ2n) is 5.60. The van der Waals surface area contributed by atoms with Crippen molar-refractivity contribution in [2.45, 2.75) is 44.2 Å². The monoisotopic (exact) mass is 272 g/mol. The maximum absolute atomic E-state index is 5.95. The van der Waals surface area contributed by atoms with Crippen molar-refractivity contribution in [3.8, 4) is 0 Å². The highest BCUT2D eigenvalue weighted by Gasteiger charge is 2.16. The van der Waals surface area contributed by atoms with Crippen LogP contribution in [0.2, 0.25) is 0 Å². The Kier molecular flexibility index (Phi) is 6.84. The number of nitrogens with zero attached hydrogens (tertiary/aromatic N) is 1. The molecule has 3 nitrogen and oxygen atoms in total. The standard InChI is InChI=1S/C14H28N2OS/c1-16-8-5-14(6-9-16)17-10-3-7-15-13-4-2-11-18-12-13/h13-15H,2-12H2,1H3. The summed E-state index contributed by atoms with van der Waals surface area (Å²) in [5.41, 5.74) is 0. The molecule has 2 rings (SSSR count). The molecule has 2 fully saturated rings. The Labute approximate surface area is 116 Å². The zero-order valence-corrected chi connectivity index (χ0v) is 12.5. The maximum atomic E-state index is 5.95. The van der Waals surface area contributed by atoms with Crippen molar-refractivity contribution in [3.05, 3.63) is 0 Å². The van der Waals surface area contributed by atoms with Crippen LogP contribution in [0.3, 0.4) is 0 Å². The highest BCUT2D eigenvalue weighted by Crippen LogP contribution is 2.16. The van der Waals surface area contributed by atoms with Crippen molar-refractivity contribution in [3.63, 3.8) is 0 Å². The molecule has 1 N–H and O–H groups in total. The van der Waals surface area contributed by atoms with Gasteiger partial charge in [0.2, 0.25) is 0 Å². The van der Waals surface area contributed by atoms with Crippen molar-refractivity contribution in [1.29, 1.82) is 0 Å². The smallest absolute Gasteiger partial charge is 0.0599 e.